The zero-order chi connectivity index (χ0) is 20.6. The Labute approximate surface area is 168 Å². The van der Waals surface area contributed by atoms with E-state index in [1.807, 2.05) is 32.0 Å². The highest BCUT2D eigenvalue weighted by molar-refractivity contribution is 5.57. The minimum atomic E-state index is 0.154. The molecule has 0 saturated carbocycles. The molecule has 0 spiro atoms. The molecule has 3 rings (SSSR count). The molecule has 2 heteroatoms. The molecule has 28 heavy (non-hydrogen) atoms. The lowest BCUT2D eigenvalue weighted by molar-refractivity contribution is 0.469. The summed E-state index contributed by atoms with van der Waals surface area (Å²) in [5, 5.41) is 20.6. The van der Waals surface area contributed by atoms with Crippen molar-refractivity contribution in [3.05, 3.63) is 92.5 Å². The van der Waals surface area contributed by atoms with Gasteiger partial charge in [0.05, 0.1) is 0 Å². The van der Waals surface area contributed by atoms with E-state index >= 15 is 0 Å². The SMILES string of the molecule is Cc1cc(O)c(C)c(C)c1C(Cc1ccccc1)c1c(C)cc(O)c(C)c1C. The second-order valence-electron chi connectivity index (χ2n) is 7.99. The van der Waals surface area contributed by atoms with E-state index in [1.165, 1.54) is 16.7 Å². The summed E-state index contributed by atoms with van der Waals surface area (Å²) in [4.78, 5) is 0. The minimum Gasteiger partial charge on any atom is -0.508 e. The van der Waals surface area contributed by atoms with E-state index in [-0.39, 0.29) is 5.92 Å². The van der Waals surface area contributed by atoms with Crippen LogP contribution in [0.2, 0.25) is 0 Å². The van der Waals surface area contributed by atoms with Gasteiger partial charge in [0.15, 0.2) is 0 Å². The maximum atomic E-state index is 10.3. The number of hydrogen-bond donors (Lipinski definition) is 2. The summed E-state index contributed by atoms with van der Waals surface area (Å²) >= 11 is 0. The van der Waals surface area contributed by atoms with Gasteiger partial charge >= 0.3 is 0 Å². The van der Waals surface area contributed by atoms with Gasteiger partial charge in [0.2, 0.25) is 0 Å². The maximum absolute atomic E-state index is 10.3. The van der Waals surface area contributed by atoms with Crippen LogP contribution >= 0.6 is 0 Å². The first-order chi connectivity index (χ1) is 13.2. The topological polar surface area (TPSA) is 40.5 Å². The monoisotopic (exact) mass is 374 g/mol. The Hall–Kier alpha value is -2.74. The lowest BCUT2D eigenvalue weighted by Crippen LogP contribution is -2.13. The standard InChI is InChI=1S/C26H30O2/c1-15-12-23(27)17(3)19(5)25(15)22(14-21-10-8-7-9-11-21)26-16(2)13-24(28)18(4)20(26)6/h7-13,22,27-28H,14H2,1-6H3. The molecule has 2 nitrogen and oxygen atoms in total. The second kappa shape index (κ2) is 7.71. The van der Waals surface area contributed by atoms with E-state index in [9.17, 15) is 10.2 Å². The zero-order valence-electron chi connectivity index (χ0n) is 17.7. The molecule has 0 aliphatic rings. The average Bonchev–Trinajstić information content (AvgIpc) is 2.65. The molecule has 0 fully saturated rings. The summed E-state index contributed by atoms with van der Waals surface area (Å²) in [6.45, 7) is 12.3. The molecule has 0 bridgehead atoms. The van der Waals surface area contributed by atoms with E-state index in [0.717, 1.165) is 39.8 Å². The summed E-state index contributed by atoms with van der Waals surface area (Å²) in [6.07, 6.45) is 0.874. The van der Waals surface area contributed by atoms with Crippen LogP contribution in [-0.2, 0) is 6.42 Å². The first kappa shape index (κ1) is 20.0. The van der Waals surface area contributed by atoms with Gasteiger partial charge in [0.1, 0.15) is 11.5 Å². The van der Waals surface area contributed by atoms with Gasteiger partial charge in [0.25, 0.3) is 0 Å². The third-order valence-corrected chi connectivity index (χ3v) is 6.24. The largest absolute Gasteiger partial charge is 0.508 e. The number of aryl methyl sites for hydroxylation is 2. The highest BCUT2D eigenvalue weighted by Gasteiger charge is 2.25. The first-order valence-corrected chi connectivity index (χ1v) is 9.85. The van der Waals surface area contributed by atoms with Crippen molar-refractivity contribution in [1.82, 2.24) is 0 Å². The average molecular weight is 375 g/mol. The molecular formula is C26H30O2. The number of hydrogen-bond acceptors (Lipinski definition) is 2. The lowest BCUT2D eigenvalue weighted by Gasteiger charge is -2.28. The Kier molecular flexibility index (Phi) is 5.51. The van der Waals surface area contributed by atoms with Crippen LogP contribution in [0.3, 0.4) is 0 Å². The molecule has 0 radical (unpaired) electrons. The summed E-state index contributed by atoms with van der Waals surface area (Å²) in [6, 6.07) is 14.3. The van der Waals surface area contributed by atoms with Gasteiger partial charge in [-0.1, -0.05) is 30.3 Å². The van der Waals surface area contributed by atoms with Gasteiger partial charge in [-0.05, 0) is 110 Å². The Morgan fingerprint density at radius 3 is 1.50 bits per heavy atom. The Balaban J connectivity index is 2.30. The van der Waals surface area contributed by atoms with Crippen LogP contribution in [0.15, 0.2) is 42.5 Å². The van der Waals surface area contributed by atoms with Crippen molar-refractivity contribution in [3.63, 3.8) is 0 Å². The van der Waals surface area contributed by atoms with E-state index < -0.39 is 0 Å². The zero-order valence-corrected chi connectivity index (χ0v) is 17.7. The lowest BCUT2D eigenvalue weighted by atomic mass is 9.76. The second-order valence-corrected chi connectivity index (χ2v) is 7.99. The molecule has 0 aliphatic carbocycles. The number of aromatic hydroxyl groups is 2. The van der Waals surface area contributed by atoms with E-state index in [2.05, 4.69) is 52.0 Å². The van der Waals surface area contributed by atoms with Crippen LogP contribution in [-0.4, -0.2) is 10.2 Å². The van der Waals surface area contributed by atoms with Gasteiger partial charge in [-0.2, -0.15) is 0 Å². The summed E-state index contributed by atoms with van der Waals surface area (Å²) in [7, 11) is 0. The number of phenols is 2. The van der Waals surface area contributed by atoms with Gasteiger partial charge in [-0.25, -0.2) is 0 Å². The van der Waals surface area contributed by atoms with Gasteiger partial charge in [-0.3, -0.25) is 0 Å². The van der Waals surface area contributed by atoms with E-state index in [4.69, 9.17) is 0 Å². The molecule has 0 atom stereocenters. The van der Waals surface area contributed by atoms with Crippen LogP contribution in [0.1, 0.15) is 56.0 Å². The Bertz CT molecular complexity index is 953. The molecule has 3 aromatic carbocycles. The van der Waals surface area contributed by atoms with Crippen molar-refractivity contribution in [2.24, 2.45) is 0 Å². The van der Waals surface area contributed by atoms with Crippen LogP contribution in [0.25, 0.3) is 0 Å². The van der Waals surface area contributed by atoms with E-state index in [0.29, 0.717) is 11.5 Å². The normalized spacial score (nSPS) is 11.2. The molecule has 0 amide bonds. The third-order valence-electron chi connectivity index (χ3n) is 6.24. The summed E-state index contributed by atoms with van der Waals surface area (Å²) < 4.78 is 0. The Morgan fingerprint density at radius 1 is 0.643 bits per heavy atom. The third kappa shape index (κ3) is 3.52. The molecular weight excluding hydrogens is 344 g/mol. The van der Waals surface area contributed by atoms with E-state index in [1.54, 1.807) is 0 Å². The van der Waals surface area contributed by atoms with Crippen LogP contribution in [0.4, 0.5) is 0 Å². The molecule has 0 aromatic heterocycles. The summed E-state index contributed by atoms with van der Waals surface area (Å²) in [5.41, 5.74) is 10.2. The molecule has 0 heterocycles. The quantitative estimate of drug-likeness (QED) is 0.561. The molecule has 2 N–H and O–H groups in total. The van der Waals surface area contributed by atoms with Crippen LogP contribution in [0.5, 0.6) is 11.5 Å². The highest BCUT2D eigenvalue weighted by atomic mass is 16.3. The fourth-order valence-electron chi connectivity index (χ4n) is 4.43. The molecule has 146 valence electrons. The van der Waals surface area contributed by atoms with Crippen LogP contribution in [0, 0.1) is 41.5 Å². The molecule has 0 saturated heterocycles. The summed E-state index contributed by atoms with van der Waals surface area (Å²) in [5.74, 6) is 0.862. The highest BCUT2D eigenvalue weighted by Crippen LogP contribution is 2.41. The predicted octanol–water partition coefficient (Wildman–Crippen LogP) is 6.32. The number of rotatable bonds is 4. The van der Waals surface area contributed by atoms with Crippen molar-refractivity contribution >= 4 is 0 Å². The number of phenolic OH excluding ortho intramolecular Hbond substituents is 2. The molecule has 0 aliphatic heterocycles. The fraction of sp³-hybridized carbons (Fsp3) is 0.308. The predicted molar refractivity (Wildman–Crippen MR) is 117 cm³/mol. The minimum absolute atomic E-state index is 0.154. The van der Waals surface area contributed by atoms with Crippen molar-refractivity contribution < 1.29 is 10.2 Å². The van der Waals surface area contributed by atoms with Crippen molar-refractivity contribution in [2.45, 2.75) is 53.9 Å². The maximum Gasteiger partial charge on any atom is 0.119 e. The van der Waals surface area contributed by atoms with Crippen molar-refractivity contribution in [3.8, 4) is 11.5 Å². The van der Waals surface area contributed by atoms with Gasteiger partial charge in [0, 0.05) is 5.92 Å². The Morgan fingerprint density at radius 2 is 1.07 bits per heavy atom. The van der Waals surface area contributed by atoms with Gasteiger partial charge in [-0.15, -0.1) is 0 Å². The van der Waals surface area contributed by atoms with Gasteiger partial charge < -0.3 is 10.2 Å². The smallest absolute Gasteiger partial charge is 0.119 e. The van der Waals surface area contributed by atoms with Crippen molar-refractivity contribution in [2.75, 3.05) is 0 Å². The first-order valence-electron chi connectivity index (χ1n) is 9.85. The fourth-order valence-corrected chi connectivity index (χ4v) is 4.43. The number of benzene rings is 3. The molecule has 0 unspecified atom stereocenters. The van der Waals surface area contributed by atoms with Crippen LogP contribution < -0.4 is 0 Å². The van der Waals surface area contributed by atoms with Crippen molar-refractivity contribution in [1.29, 1.82) is 0 Å². The molecule has 3 aromatic rings.